The van der Waals surface area contributed by atoms with Crippen LogP contribution in [0.1, 0.15) is 27.7 Å². The summed E-state index contributed by atoms with van der Waals surface area (Å²) in [6, 6.07) is 0. The second-order valence-corrected chi connectivity index (χ2v) is 11.4. The average Bonchev–Trinajstić information content (AvgIpc) is 1.97. The van der Waals surface area contributed by atoms with Gasteiger partial charge in [-0.05, 0) is 12.0 Å². The molecule has 0 spiro atoms. The van der Waals surface area contributed by atoms with E-state index in [4.69, 9.17) is 0 Å². The first-order valence-electron chi connectivity index (χ1n) is 4.19. The minimum atomic E-state index is -4.87. The molecular weight excluding hydrogens is 267 g/mol. The molecule has 0 aliphatic heterocycles. The zero-order chi connectivity index (χ0) is 12.5. The van der Waals surface area contributed by atoms with Crippen LogP contribution >= 0.6 is 0 Å². The van der Waals surface area contributed by atoms with Crippen molar-refractivity contribution < 1.29 is 44.1 Å². The van der Waals surface area contributed by atoms with Crippen LogP contribution in [0.25, 0.3) is 0 Å². The molecule has 0 aliphatic carbocycles. The third-order valence-electron chi connectivity index (χ3n) is 1.47. The third kappa shape index (κ3) is 7.06. The fraction of sp³-hybridized carbons (Fsp3) is 1.00. The minimum absolute atomic E-state index is 0. The van der Waals surface area contributed by atoms with E-state index >= 15 is 0 Å². The van der Waals surface area contributed by atoms with Crippen LogP contribution in [-0.2, 0) is 24.1 Å². The molecule has 16 heavy (non-hydrogen) atoms. The van der Waals surface area contributed by atoms with E-state index in [1.54, 1.807) is 20.8 Å². The second-order valence-electron chi connectivity index (χ2n) is 4.38. The van der Waals surface area contributed by atoms with Crippen LogP contribution in [0.2, 0.25) is 5.04 Å². The quantitative estimate of drug-likeness (QED) is 0.392. The molecular formula is C6H15LiO6S2Si. The molecule has 0 aromatic heterocycles. The fourth-order valence-electron chi connectivity index (χ4n) is 0.499. The zero-order valence-corrected chi connectivity index (χ0v) is 13.1. The first-order chi connectivity index (χ1) is 6.36. The van der Waals surface area contributed by atoms with E-state index in [9.17, 15) is 21.4 Å². The fourth-order valence-corrected chi connectivity index (χ4v) is 4.99. The Kier molecular flexibility index (Phi) is 7.11. The zero-order valence-electron chi connectivity index (χ0n) is 10.1. The van der Waals surface area contributed by atoms with Crippen molar-refractivity contribution >= 4 is 30.0 Å². The van der Waals surface area contributed by atoms with E-state index in [0.717, 1.165) is 6.92 Å². The Labute approximate surface area is 111 Å². The Morgan fingerprint density at radius 1 is 1.19 bits per heavy atom. The van der Waals surface area contributed by atoms with Crippen molar-refractivity contribution in [1.29, 1.82) is 0 Å². The van der Waals surface area contributed by atoms with E-state index in [1.165, 1.54) is 0 Å². The van der Waals surface area contributed by atoms with Gasteiger partial charge in [0.25, 0.3) is 10.1 Å². The van der Waals surface area contributed by atoms with Gasteiger partial charge in [0.1, 0.15) is 10.1 Å². The maximum atomic E-state index is 11.3. The van der Waals surface area contributed by atoms with Gasteiger partial charge in [0.15, 0.2) is 14.3 Å². The van der Waals surface area contributed by atoms with Gasteiger partial charge in [-0.25, -0.2) is 8.42 Å². The van der Waals surface area contributed by atoms with Crippen LogP contribution in [0.5, 0.6) is 0 Å². The second kappa shape index (κ2) is 5.99. The Bertz CT molecular complexity index is 409. The topological polar surface area (TPSA) is 101 Å². The molecule has 0 aromatic rings. The largest absolute Gasteiger partial charge is 1.00 e. The van der Waals surface area contributed by atoms with Crippen LogP contribution in [0.3, 0.4) is 0 Å². The molecule has 0 radical (unpaired) electrons. The molecule has 0 heterocycles. The summed E-state index contributed by atoms with van der Waals surface area (Å²) in [5.74, 6) is 0. The van der Waals surface area contributed by atoms with Gasteiger partial charge in [0, 0.05) is 0 Å². The molecule has 0 rings (SSSR count). The number of rotatable bonds is 4. The van der Waals surface area contributed by atoms with Crippen molar-refractivity contribution in [3.63, 3.8) is 0 Å². The summed E-state index contributed by atoms with van der Waals surface area (Å²) >= 11 is 0. The molecule has 0 aliphatic rings. The van der Waals surface area contributed by atoms with Crippen LogP contribution in [0.4, 0.5) is 0 Å². The summed E-state index contributed by atoms with van der Waals surface area (Å²) in [6.45, 7) is 6.16. The third-order valence-corrected chi connectivity index (χ3v) is 7.16. The molecule has 10 heteroatoms. The van der Waals surface area contributed by atoms with Gasteiger partial charge < -0.3 is 8.42 Å². The normalized spacial score (nSPS) is 16.1. The van der Waals surface area contributed by atoms with Gasteiger partial charge >= 0.3 is 18.9 Å². The molecule has 0 saturated heterocycles. The monoisotopic (exact) mass is 282 g/mol. The standard InChI is InChI=1S/C6H16O6S2Si.Li/c1-5(13(7,8)9)14(10,11)12-15-6(2,3)4;/h5H,15H2,1-4H3,(H,7,8,9);/q;+1/p-1. The maximum Gasteiger partial charge on any atom is 1.00 e. The molecule has 0 fully saturated rings. The van der Waals surface area contributed by atoms with Crippen molar-refractivity contribution in [3.05, 3.63) is 0 Å². The summed E-state index contributed by atoms with van der Waals surface area (Å²) in [5, 5.41) is -0.292. The Morgan fingerprint density at radius 2 is 1.56 bits per heavy atom. The smallest absolute Gasteiger partial charge is 0.747 e. The summed E-state index contributed by atoms with van der Waals surface area (Å²) < 4.78 is 56.6. The van der Waals surface area contributed by atoms with Crippen LogP contribution < -0.4 is 18.9 Å². The SMILES string of the molecule is CC(S(=O)(=O)[O-])S(=O)(=O)O[SiH2]C(C)(C)C.[Li+]. The Balaban J connectivity index is 0. The van der Waals surface area contributed by atoms with E-state index in [2.05, 4.69) is 3.87 Å². The van der Waals surface area contributed by atoms with Crippen molar-refractivity contribution in [2.75, 3.05) is 0 Å². The summed E-state index contributed by atoms with van der Waals surface area (Å²) in [5.41, 5.74) is 0. The molecule has 0 bridgehead atoms. The average molecular weight is 282 g/mol. The van der Waals surface area contributed by atoms with Crippen LogP contribution in [0, 0.1) is 0 Å². The van der Waals surface area contributed by atoms with E-state index in [0.29, 0.717) is 0 Å². The number of hydrogen-bond donors (Lipinski definition) is 0. The molecule has 0 amide bonds. The maximum absolute atomic E-state index is 11.3. The summed E-state index contributed by atoms with van der Waals surface area (Å²) in [6.07, 6.45) is 0. The van der Waals surface area contributed by atoms with E-state index < -0.39 is 34.6 Å². The Hall–Kier alpha value is 0.634. The van der Waals surface area contributed by atoms with Crippen molar-refractivity contribution in [1.82, 2.24) is 0 Å². The molecule has 1 unspecified atom stereocenters. The van der Waals surface area contributed by atoms with E-state index in [1.807, 2.05) is 0 Å². The van der Waals surface area contributed by atoms with Crippen LogP contribution in [0.15, 0.2) is 0 Å². The molecule has 0 aromatic carbocycles. The van der Waals surface area contributed by atoms with Gasteiger partial charge in [-0.2, -0.15) is 8.42 Å². The first-order valence-corrected chi connectivity index (χ1v) is 8.42. The van der Waals surface area contributed by atoms with Gasteiger partial charge in [-0.3, -0.25) is 0 Å². The molecule has 1 atom stereocenters. The minimum Gasteiger partial charge on any atom is -0.747 e. The number of hydrogen-bond acceptors (Lipinski definition) is 6. The van der Waals surface area contributed by atoms with Crippen LogP contribution in [-0.4, -0.2) is 35.7 Å². The van der Waals surface area contributed by atoms with Gasteiger partial charge in [0.05, 0.1) is 0 Å². The first kappa shape index (κ1) is 19.0. The molecule has 0 N–H and O–H groups in total. The molecule has 0 saturated carbocycles. The van der Waals surface area contributed by atoms with Gasteiger partial charge in [-0.1, -0.05) is 20.8 Å². The summed E-state index contributed by atoms with van der Waals surface area (Å²) in [7, 11) is -10.6. The van der Waals surface area contributed by atoms with Gasteiger partial charge in [-0.15, -0.1) is 0 Å². The van der Waals surface area contributed by atoms with Crippen molar-refractivity contribution in [2.45, 2.75) is 37.3 Å². The van der Waals surface area contributed by atoms with Crippen molar-refractivity contribution in [2.24, 2.45) is 0 Å². The molecule has 92 valence electrons. The van der Waals surface area contributed by atoms with Gasteiger partial charge in [0.2, 0.25) is 0 Å². The predicted octanol–water partition coefficient (Wildman–Crippen LogP) is -3.47. The summed E-state index contributed by atoms with van der Waals surface area (Å²) in [4.78, 5) is 0. The van der Waals surface area contributed by atoms with Crippen molar-refractivity contribution in [3.8, 4) is 0 Å². The van der Waals surface area contributed by atoms with E-state index in [-0.39, 0.29) is 23.9 Å². The molecule has 6 nitrogen and oxygen atoms in total. The predicted molar refractivity (Wildman–Crippen MR) is 57.4 cm³/mol. The Morgan fingerprint density at radius 3 is 1.81 bits per heavy atom.